The predicted molar refractivity (Wildman–Crippen MR) is 90.5 cm³/mol. The molecule has 1 amide bonds. The molecule has 0 heterocycles. The minimum atomic E-state index is -1.57. The Morgan fingerprint density at radius 1 is 1.00 bits per heavy atom. The summed E-state index contributed by atoms with van der Waals surface area (Å²) < 4.78 is 44.3. The van der Waals surface area contributed by atoms with Gasteiger partial charge >= 0.3 is 5.97 Å². The fourth-order valence-corrected chi connectivity index (χ4v) is 2.10. The van der Waals surface area contributed by atoms with E-state index in [0.717, 1.165) is 12.1 Å². The molecule has 0 aromatic heterocycles. The lowest BCUT2D eigenvalue weighted by atomic mass is 10.2. The summed E-state index contributed by atoms with van der Waals surface area (Å²) in [5.41, 5.74) is 0.609. The second-order valence-electron chi connectivity index (χ2n) is 5.25. The number of carbonyl (C=O) groups excluding carboxylic acids is 2. The Morgan fingerprint density at radius 2 is 1.69 bits per heavy atom. The summed E-state index contributed by atoms with van der Waals surface area (Å²) in [5, 5.41) is 5.13. The van der Waals surface area contributed by atoms with E-state index in [1.54, 1.807) is 19.1 Å². The maximum Gasteiger partial charge on any atom is 0.338 e. The molecule has 8 heteroatoms. The second kappa shape index (κ2) is 8.89. The minimum absolute atomic E-state index is 0.0226. The van der Waals surface area contributed by atoms with Gasteiger partial charge in [0, 0.05) is 18.7 Å². The van der Waals surface area contributed by atoms with Crippen molar-refractivity contribution >= 4 is 23.3 Å². The molecule has 2 N–H and O–H groups in total. The average Bonchev–Trinajstić information content (AvgIpc) is 2.62. The first-order chi connectivity index (χ1) is 12.4. The van der Waals surface area contributed by atoms with Gasteiger partial charge in [0.2, 0.25) is 5.91 Å². The van der Waals surface area contributed by atoms with Gasteiger partial charge in [0.15, 0.2) is 17.5 Å². The first-order valence-corrected chi connectivity index (χ1v) is 7.86. The second-order valence-corrected chi connectivity index (χ2v) is 5.25. The van der Waals surface area contributed by atoms with Gasteiger partial charge in [-0.05, 0) is 43.3 Å². The number of amides is 1. The lowest BCUT2D eigenvalue weighted by Gasteiger charge is -2.09. The SMILES string of the molecule is CCOC(=O)c1ccc(NC(=O)CCNc2ccc(F)c(F)c2F)cc1. The van der Waals surface area contributed by atoms with E-state index in [4.69, 9.17) is 4.74 Å². The van der Waals surface area contributed by atoms with Crippen molar-refractivity contribution in [2.45, 2.75) is 13.3 Å². The van der Waals surface area contributed by atoms with Crippen molar-refractivity contribution in [2.75, 3.05) is 23.8 Å². The van der Waals surface area contributed by atoms with E-state index in [2.05, 4.69) is 10.6 Å². The lowest BCUT2D eigenvalue weighted by molar-refractivity contribution is -0.115. The lowest BCUT2D eigenvalue weighted by Crippen LogP contribution is -2.17. The van der Waals surface area contributed by atoms with Crippen LogP contribution in [0.1, 0.15) is 23.7 Å². The van der Waals surface area contributed by atoms with Gasteiger partial charge in [0.05, 0.1) is 17.9 Å². The van der Waals surface area contributed by atoms with E-state index in [1.807, 2.05) is 0 Å². The summed E-state index contributed by atoms with van der Waals surface area (Å²) in [4.78, 5) is 23.4. The molecular weight excluding hydrogens is 349 g/mol. The summed E-state index contributed by atoms with van der Waals surface area (Å²) in [5.74, 6) is -5.01. The first-order valence-electron chi connectivity index (χ1n) is 7.86. The quantitative estimate of drug-likeness (QED) is 0.579. The molecule has 26 heavy (non-hydrogen) atoms. The molecule has 138 valence electrons. The molecule has 0 bridgehead atoms. The summed E-state index contributed by atoms with van der Waals surface area (Å²) in [6.45, 7) is 1.99. The number of halogens is 3. The Kier molecular flexibility index (Phi) is 6.60. The van der Waals surface area contributed by atoms with Gasteiger partial charge in [-0.1, -0.05) is 0 Å². The smallest absolute Gasteiger partial charge is 0.338 e. The van der Waals surface area contributed by atoms with Crippen molar-refractivity contribution in [3.63, 3.8) is 0 Å². The highest BCUT2D eigenvalue weighted by Crippen LogP contribution is 2.19. The third kappa shape index (κ3) is 4.98. The topological polar surface area (TPSA) is 67.4 Å². The van der Waals surface area contributed by atoms with E-state index < -0.39 is 23.4 Å². The molecule has 0 fully saturated rings. The van der Waals surface area contributed by atoms with E-state index in [0.29, 0.717) is 11.3 Å². The van der Waals surface area contributed by atoms with E-state index >= 15 is 0 Å². The number of carbonyl (C=O) groups is 2. The van der Waals surface area contributed by atoms with Crippen LogP contribution in [0, 0.1) is 17.5 Å². The molecule has 0 saturated carbocycles. The van der Waals surface area contributed by atoms with Crippen molar-refractivity contribution in [3.05, 3.63) is 59.4 Å². The highest BCUT2D eigenvalue weighted by atomic mass is 19.2. The van der Waals surface area contributed by atoms with Crippen LogP contribution in [0.25, 0.3) is 0 Å². The summed E-state index contributed by atoms with van der Waals surface area (Å²) in [6.07, 6.45) is -0.0297. The molecule has 2 rings (SSSR count). The van der Waals surface area contributed by atoms with Crippen molar-refractivity contribution in [2.24, 2.45) is 0 Å². The third-order valence-electron chi connectivity index (χ3n) is 3.38. The molecule has 0 radical (unpaired) electrons. The van der Waals surface area contributed by atoms with Gasteiger partial charge in [-0.15, -0.1) is 0 Å². The Balaban J connectivity index is 1.84. The fourth-order valence-electron chi connectivity index (χ4n) is 2.10. The summed E-state index contributed by atoms with van der Waals surface area (Å²) in [6, 6.07) is 7.98. The largest absolute Gasteiger partial charge is 0.462 e. The first kappa shape index (κ1) is 19.3. The van der Waals surface area contributed by atoms with Crippen molar-refractivity contribution in [3.8, 4) is 0 Å². The number of hydrogen-bond donors (Lipinski definition) is 2. The number of rotatable bonds is 7. The Hall–Kier alpha value is -3.03. The zero-order chi connectivity index (χ0) is 19.1. The number of esters is 1. The van der Waals surface area contributed by atoms with Crippen molar-refractivity contribution in [1.29, 1.82) is 0 Å². The highest BCUT2D eigenvalue weighted by molar-refractivity contribution is 5.93. The minimum Gasteiger partial charge on any atom is -0.462 e. The Bertz CT molecular complexity index is 795. The fraction of sp³-hybridized carbons (Fsp3) is 0.222. The molecule has 0 saturated heterocycles. The molecule has 0 spiro atoms. The third-order valence-corrected chi connectivity index (χ3v) is 3.38. The molecule has 0 aliphatic rings. The number of nitrogens with one attached hydrogen (secondary N) is 2. The van der Waals surface area contributed by atoms with Crippen LogP contribution in [-0.2, 0) is 9.53 Å². The number of anilines is 2. The monoisotopic (exact) mass is 366 g/mol. The maximum atomic E-state index is 13.5. The van der Waals surface area contributed by atoms with Crippen LogP contribution in [0.5, 0.6) is 0 Å². The average molecular weight is 366 g/mol. The summed E-state index contributed by atoms with van der Waals surface area (Å²) in [7, 11) is 0. The molecule has 2 aromatic carbocycles. The predicted octanol–water partition coefficient (Wildman–Crippen LogP) is 3.72. The van der Waals surface area contributed by atoms with E-state index in [-0.39, 0.29) is 31.2 Å². The molecule has 0 aliphatic heterocycles. The summed E-state index contributed by atoms with van der Waals surface area (Å²) >= 11 is 0. The zero-order valence-corrected chi connectivity index (χ0v) is 13.9. The molecule has 2 aromatic rings. The normalized spacial score (nSPS) is 10.3. The number of benzene rings is 2. The molecule has 5 nitrogen and oxygen atoms in total. The van der Waals surface area contributed by atoms with Crippen LogP contribution >= 0.6 is 0 Å². The van der Waals surface area contributed by atoms with Crippen molar-refractivity contribution in [1.82, 2.24) is 0 Å². The van der Waals surface area contributed by atoms with Gasteiger partial charge in [0.25, 0.3) is 0 Å². The molecule has 0 aliphatic carbocycles. The van der Waals surface area contributed by atoms with Crippen LogP contribution in [0.4, 0.5) is 24.5 Å². The van der Waals surface area contributed by atoms with Crippen molar-refractivity contribution < 1.29 is 27.5 Å². The number of hydrogen-bond acceptors (Lipinski definition) is 4. The van der Waals surface area contributed by atoms with Gasteiger partial charge in [-0.25, -0.2) is 18.0 Å². The molecular formula is C18H17F3N2O3. The maximum absolute atomic E-state index is 13.5. The number of ether oxygens (including phenoxy) is 1. The van der Waals surface area contributed by atoms with E-state index in [9.17, 15) is 22.8 Å². The molecule has 0 unspecified atom stereocenters. The highest BCUT2D eigenvalue weighted by Gasteiger charge is 2.13. The Morgan fingerprint density at radius 3 is 2.35 bits per heavy atom. The standard InChI is InChI=1S/C18H17F3N2O3/c1-2-26-18(25)11-3-5-12(6-4-11)23-15(24)9-10-22-14-8-7-13(19)16(20)17(14)21/h3-8,22H,2,9-10H2,1H3,(H,23,24). The van der Waals surface area contributed by atoms with Crippen LogP contribution in [0.2, 0.25) is 0 Å². The molecule has 0 atom stereocenters. The van der Waals surface area contributed by atoms with Gasteiger partial charge in [0.1, 0.15) is 0 Å². The van der Waals surface area contributed by atoms with Gasteiger partial charge < -0.3 is 15.4 Å². The van der Waals surface area contributed by atoms with E-state index in [1.165, 1.54) is 12.1 Å². The van der Waals surface area contributed by atoms with Crippen LogP contribution in [0.3, 0.4) is 0 Å². The Labute approximate surface area is 148 Å². The van der Waals surface area contributed by atoms with Gasteiger partial charge in [-0.2, -0.15) is 0 Å². The van der Waals surface area contributed by atoms with Crippen LogP contribution in [0.15, 0.2) is 36.4 Å². The van der Waals surface area contributed by atoms with Crippen LogP contribution in [-0.4, -0.2) is 25.0 Å². The zero-order valence-electron chi connectivity index (χ0n) is 13.9. The van der Waals surface area contributed by atoms with Gasteiger partial charge in [-0.3, -0.25) is 4.79 Å². The van der Waals surface area contributed by atoms with Crippen LogP contribution < -0.4 is 10.6 Å².